The predicted octanol–water partition coefficient (Wildman–Crippen LogP) is 5.72. The average molecular weight is 345 g/mol. The van der Waals surface area contributed by atoms with Crippen molar-refractivity contribution < 1.29 is 0 Å². The van der Waals surface area contributed by atoms with Crippen LogP contribution in [0, 0.1) is 5.92 Å². The molecule has 1 fully saturated rings. The number of nitrogens with one attached hydrogen (secondary N) is 1. The Balaban J connectivity index is 2.19. The zero-order chi connectivity index (χ0) is 13.7. The molecule has 1 aliphatic rings. The molecule has 1 nitrogen and oxygen atoms in total. The summed E-state index contributed by atoms with van der Waals surface area (Å²) in [5, 5.41) is 4.60. The molecule has 106 valence electrons. The molecule has 0 radical (unpaired) electrons. The van der Waals surface area contributed by atoms with E-state index < -0.39 is 0 Å². The third kappa shape index (κ3) is 4.21. The largest absolute Gasteiger partial charge is 0.310 e. The zero-order valence-electron chi connectivity index (χ0n) is 11.6. The van der Waals surface area contributed by atoms with E-state index in [9.17, 15) is 0 Å². The van der Waals surface area contributed by atoms with Crippen LogP contribution in [0.4, 0.5) is 0 Å². The highest BCUT2D eigenvalue weighted by Crippen LogP contribution is 2.37. The number of hydrogen-bond acceptors (Lipinski definition) is 1. The minimum Gasteiger partial charge on any atom is -0.310 e. The van der Waals surface area contributed by atoms with E-state index in [0.29, 0.717) is 6.04 Å². The van der Waals surface area contributed by atoms with Crippen LogP contribution in [0.3, 0.4) is 0 Å². The van der Waals surface area contributed by atoms with Crippen molar-refractivity contribution in [3.8, 4) is 0 Å². The van der Waals surface area contributed by atoms with Crippen LogP contribution in [0.1, 0.15) is 57.1 Å². The Labute approximate surface area is 130 Å². The second-order valence-electron chi connectivity index (χ2n) is 5.50. The topological polar surface area (TPSA) is 12.0 Å². The van der Waals surface area contributed by atoms with Gasteiger partial charge in [-0.15, -0.1) is 0 Å². The maximum absolute atomic E-state index is 6.45. The summed E-state index contributed by atoms with van der Waals surface area (Å²) in [6.45, 7) is 3.28. The van der Waals surface area contributed by atoms with E-state index in [1.54, 1.807) is 0 Å². The molecule has 1 atom stereocenters. The van der Waals surface area contributed by atoms with Gasteiger partial charge in [0, 0.05) is 15.5 Å². The molecule has 1 N–H and O–H groups in total. The molecule has 0 bridgehead atoms. The molecule has 1 aromatic rings. The molecule has 0 saturated heterocycles. The molecule has 1 saturated carbocycles. The first-order valence-electron chi connectivity index (χ1n) is 7.40. The summed E-state index contributed by atoms with van der Waals surface area (Å²) in [5.74, 6) is 0.735. The smallest absolute Gasteiger partial charge is 0.0465 e. The highest BCUT2D eigenvalue weighted by Gasteiger charge is 2.26. The molecular formula is C16H23BrClN. The van der Waals surface area contributed by atoms with E-state index in [0.717, 1.165) is 28.4 Å². The number of rotatable bonds is 5. The molecule has 2 rings (SSSR count). The van der Waals surface area contributed by atoms with Gasteiger partial charge in [-0.1, -0.05) is 59.8 Å². The number of halogens is 2. The van der Waals surface area contributed by atoms with E-state index >= 15 is 0 Å². The van der Waals surface area contributed by atoms with E-state index in [1.807, 2.05) is 6.07 Å². The molecule has 19 heavy (non-hydrogen) atoms. The van der Waals surface area contributed by atoms with E-state index in [-0.39, 0.29) is 0 Å². The number of hydrogen-bond donors (Lipinski definition) is 1. The fraction of sp³-hybridized carbons (Fsp3) is 0.625. The lowest BCUT2D eigenvalue weighted by Gasteiger charge is -2.32. The highest BCUT2D eigenvalue weighted by molar-refractivity contribution is 9.10. The first-order valence-corrected chi connectivity index (χ1v) is 8.57. The van der Waals surface area contributed by atoms with Gasteiger partial charge in [0.05, 0.1) is 0 Å². The summed E-state index contributed by atoms with van der Waals surface area (Å²) in [5.41, 5.74) is 1.27. The van der Waals surface area contributed by atoms with E-state index in [4.69, 9.17) is 11.6 Å². The van der Waals surface area contributed by atoms with Crippen molar-refractivity contribution in [3.05, 3.63) is 33.3 Å². The first kappa shape index (κ1) is 15.3. The van der Waals surface area contributed by atoms with Crippen LogP contribution >= 0.6 is 27.5 Å². The van der Waals surface area contributed by atoms with Crippen LogP contribution in [-0.4, -0.2) is 6.54 Å². The Bertz CT molecular complexity index is 402. The first-order chi connectivity index (χ1) is 9.22. The van der Waals surface area contributed by atoms with Gasteiger partial charge in [-0.2, -0.15) is 0 Å². The molecule has 0 amide bonds. The fourth-order valence-electron chi connectivity index (χ4n) is 3.05. The zero-order valence-corrected chi connectivity index (χ0v) is 13.9. The van der Waals surface area contributed by atoms with Gasteiger partial charge in [-0.3, -0.25) is 0 Å². The molecule has 1 aromatic carbocycles. The third-order valence-electron chi connectivity index (χ3n) is 4.03. The summed E-state index contributed by atoms with van der Waals surface area (Å²) in [6, 6.07) is 6.71. The Kier molecular flexibility index (Phi) is 6.18. The summed E-state index contributed by atoms with van der Waals surface area (Å²) >= 11 is 9.94. The molecule has 3 heteroatoms. The average Bonchev–Trinajstić information content (AvgIpc) is 2.42. The Morgan fingerprint density at radius 3 is 2.68 bits per heavy atom. The SMILES string of the molecule is CCCNC(c1ccc(Br)cc1Cl)C1CCCCC1. The molecule has 0 aromatic heterocycles. The molecule has 0 aliphatic heterocycles. The highest BCUT2D eigenvalue weighted by atomic mass is 79.9. The van der Waals surface area contributed by atoms with Gasteiger partial charge in [-0.25, -0.2) is 0 Å². The van der Waals surface area contributed by atoms with Crippen LogP contribution in [0.15, 0.2) is 22.7 Å². The van der Waals surface area contributed by atoms with Crippen LogP contribution in [-0.2, 0) is 0 Å². The second-order valence-corrected chi connectivity index (χ2v) is 6.82. The summed E-state index contributed by atoms with van der Waals surface area (Å²) in [7, 11) is 0. The molecule has 0 spiro atoms. The molecule has 0 heterocycles. The monoisotopic (exact) mass is 343 g/mol. The van der Waals surface area contributed by atoms with Gasteiger partial charge in [0.25, 0.3) is 0 Å². The Hall–Kier alpha value is -0.0500. The van der Waals surface area contributed by atoms with Gasteiger partial charge >= 0.3 is 0 Å². The van der Waals surface area contributed by atoms with Crippen LogP contribution in [0.25, 0.3) is 0 Å². The van der Waals surface area contributed by atoms with Gasteiger partial charge in [-0.05, 0) is 49.4 Å². The lowest BCUT2D eigenvalue weighted by atomic mass is 9.81. The van der Waals surface area contributed by atoms with Gasteiger partial charge in [0.15, 0.2) is 0 Å². The van der Waals surface area contributed by atoms with Crippen molar-refractivity contribution in [2.75, 3.05) is 6.54 Å². The van der Waals surface area contributed by atoms with Gasteiger partial charge in [0.1, 0.15) is 0 Å². The predicted molar refractivity (Wildman–Crippen MR) is 86.8 cm³/mol. The molecule has 1 unspecified atom stereocenters. The maximum atomic E-state index is 6.45. The standard InChI is InChI=1S/C16H23BrClN/c1-2-10-19-16(12-6-4-3-5-7-12)14-9-8-13(17)11-15(14)18/h8-9,11-12,16,19H,2-7,10H2,1H3. The minimum absolute atomic E-state index is 0.417. The lowest BCUT2D eigenvalue weighted by molar-refractivity contribution is 0.272. The van der Waals surface area contributed by atoms with Crippen molar-refractivity contribution >= 4 is 27.5 Å². The summed E-state index contributed by atoms with van der Waals surface area (Å²) < 4.78 is 1.05. The number of benzene rings is 1. The van der Waals surface area contributed by atoms with Crippen molar-refractivity contribution in [1.82, 2.24) is 5.32 Å². The molecule has 1 aliphatic carbocycles. The second kappa shape index (κ2) is 7.66. The van der Waals surface area contributed by atoms with Crippen molar-refractivity contribution in [3.63, 3.8) is 0 Å². The van der Waals surface area contributed by atoms with Crippen molar-refractivity contribution in [1.29, 1.82) is 0 Å². The van der Waals surface area contributed by atoms with Crippen molar-refractivity contribution in [2.24, 2.45) is 5.92 Å². The van der Waals surface area contributed by atoms with Crippen molar-refractivity contribution in [2.45, 2.75) is 51.5 Å². The summed E-state index contributed by atoms with van der Waals surface area (Å²) in [4.78, 5) is 0. The minimum atomic E-state index is 0.417. The fourth-order valence-corrected chi connectivity index (χ4v) is 3.84. The Morgan fingerprint density at radius 2 is 2.05 bits per heavy atom. The normalized spacial score (nSPS) is 18.5. The Morgan fingerprint density at radius 1 is 1.32 bits per heavy atom. The van der Waals surface area contributed by atoms with Crippen LogP contribution < -0.4 is 5.32 Å². The van der Waals surface area contributed by atoms with Crippen LogP contribution in [0.5, 0.6) is 0 Å². The van der Waals surface area contributed by atoms with E-state index in [2.05, 4.69) is 40.3 Å². The van der Waals surface area contributed by atoms with Gasteiger partial charge < -0.3 is 5.32 Å². The van der Waals surface area contributed by atoms with Crippen LogP contribution in [0.2, 0.25) is 5.02 Å². The lowest BCUT2D eigenvalue weighted by Crippen LogP contribution is -2.30. The molecular weight excluding hydrogens is 322 g/mol. The third-order valence-corrected chi connectivity index (χ3v) is 4.85. The van der Waals surface area contributed by atoms with Gasteiger partial charge in [0.2, 0.25) is 0 Å². The maximum Gasteiger partial charge on any atom is 0.0465 e. The summed E-state index contributed by atoms with van der Waals surface area (Å²) in [6.07, 6.45) is 7.94. The quantitative estimate of drug-likeness (QED) is 0.720. The van der Waals surface area contributed by atoms with E-state index in [1.165, 1.54) is 37.7 Å².